The minimum Gasteiger partial charge on any atom is -0.369 e. The first kappa shape index (κ1) is 27.2. The lowest BCUT2D eigenvalue weighted by Gasteiger charge is -2.32. The normalized spacial score (nSPS) is 14.8. The van der Waals surface area contributed by atoms with Gasteiger partial charge in [-0.05, 0) is 101 Å². The van der Waals surface area contributed by atoms with Crippen LogP contribution in [0.1, 0.15) is 83.5 Å². The molecule has 0 N–H and O–H groups in total. The first-order chi connectivity index (χ1) is 16.8. The molecule has 3 nitrogen and oxygen atoms in total. The number of nitrogens with zero attached hydrogens (tertiary/aromatic N) is 3. The van der Waals surface area contributed by atoms with Gasteiger partial charge >= 0.3 is 0 Å². The second-order valence-corrected chi connectivity index (χ2v) is 10.5. The van der Waals surface area contributed by atoms with Crippen molar-refractivity contribution >= 4 is 17.3 Å². The molecule has 0 unspecified atom stereocenters. The third-order valence-electron chi connectivity index (χ3n) is 6.90. The molecule has 1 heterocycles. The molecule has 1 aliphatic carbocycles. The minimum absolute atomic E-state index is 0.387. The Labute approximate surface area is 218 Å². The van der Waals surface area contributed by atoms with Crippen molar-refractivity contribution in [1.29, 1.82) is 0 Å². The fourth-order valence-corrected chi connectivity index (χ4v) is 4.79. The standard InChI is InChI=1S/C31H42ClN3/c1-7-21-35(22(2)3)25(6)29(18-14-27-12-16-28(32)17-13-27)23(4)34-24(5)30-9-8-20-33-31(30)19-15-26-10-11-26/h8-9,12-13,16-17,20,22,26H,6-7,10-11,14-15,18-19,21H2,1-5H3/b29-23+,34-24+. The van der Waals surface area contributed by atoms with Gasteiger partial charge in [0, 0.05) is 52.2 Å². The van der Waals surface area contributed by atoms with Crippen LogP contribution in [0.4, 0.5) is 0 Å². The highest BCUT2D eigenvalue weighted by atomic mass is 35.5. The van der Waals surface area contributed by atoms with Gasteiger partial charge in [-0.2, -0.15) is 0 Å². The molecule has 0 spiro atoms. The fourth-order valence-electron chi connectivity index (χ4n) is 4.67. The van der Waals surface area contributed by atoms with Crippen LogP contribution in [0.5, 0.6) is 0 Å². The van der Waals surface area contributed by atoms with Crippen LogP contribution in [0.25, 0.3) is 0 Å². The van der Waals surface area contributed by atoms with E-state index in [0.29, 0.717) is 6.04 Å². The molecule has 3 rings (SSSR count). The molecule has 0 bridgehead atoms. The highest BCUT2D eigenvalue weighted by Gasteiger charge is 2.22. The summed E-state index contributed by atoms with van der Waals surface area (Å²) in [5, 5.41) is 0.771. The van der Waals surface area contributed by atoms with Crippen LogP contribution in [-0.4, -0.2) is 28.2 Å². The topological polar surface area (TPSA) is 28.5 Å². The van der Waals surface area contributed by atoms with Gasteiger partial charge < -0.3 is 4.90 Å². The van der Waals surface area contributed by atoms with Crippen molar-refractivity contribution in [2.45, 2.75) is 85.6 Å². The second kappa shape index (κ2) is 13.1. The Kier molecular flexibility index (Phi) is 10.2. The highest BCUT2D eigenvalue weighted by molar-refractivity contribution is 6.30. The fraction of sp³-hybridized carbons (Fsp3) is 0.484. The smallest absolute Gasteiger partial charge is 0.0494 e. The Balaban J connectivity index is 1.92. The van der Waals surface area contributed by atoms with Crippen LogP contribution in [0.15, 0.2) is 71.1 Å². The quantitative estimate of drug-likeness (QED) is 0.208. The number of halogens is 1. The molecule has 0 saturated heterocycles. The average molecular weight is 492 g/mol. The van der Waals surface area contributed by atoms with Crippen molar-refractivity contribution in [3.8, 4) is 0 Å². The summed E-state index contributed by atoms with van der Waals surface area (Å²) in [6.45, 7) is 16.5. The Hall–Kier alpha value is -2.39. The van der Waals surface area contributed by atoms with E-state index < -0.39 is 0 Å². The van der Waals surface area contributed by atoms with Crippen LogP contribution in [-0.2, 0) is 12.8 Å². The number of pyridine rings is 1. The third kappa shape index (κ3) is 8.07. The summed E-state index contributed by atoms with van der Waals surface area (Å²) in [5.41, 5.74) is 8.00. The minimum atomic E-state index is 0.387. The summed E-state index contributed by atoms with van der Waals surface area (Å²) < 4.78 is 0. The van der Waals surface area contributed by atoms with Crippen LogP contribution in [0.2, 0.25) is 5.02 Å². The van der Waals surface area contributed by atoms with E-state index in [1.165, 1.54) is 41.7 Å². The number of aryl methyl sites for hydroxylation is 2. The molecule has 35 heavy (non-hydrogen) atoms. The maximum atomic E-state index is 6.10. The van der Waals surface area contributed by atoms with Gasteiger partial charge in [0.05, 0.1) is 0 Å². The van der Waals surface area contributed by atoms with Crippen molar-refractivity contribution in [1.82, 2.24) is 9.88 Å². The zero-order chi connectivity index (χ0) is 25.4. The number of rotatable bonds is 13. The van der Waals surface area contributed by atoms with Crippen molar-refractivity contribution in [2.24, 2.45) is 10.9 Å². The molecule has 2 aromatic rings. The van der Waals surface area contributed by atoms with Crippen molar-refractivity contribution in [2.75, 3.05) is 6.54 Å². The number of hydrogen-bond acceptors (Lipinski definition) is 3. The zero-order valence-electron chi connectivity index (χ0n) is 22.3. The summed E-state index contributed by atoms with van der Waals surface area (Å²) in [5.74, 6) is 0.895. The van der Waals surface area contributed by atoms with Crippen LogP contribution >= 0.6 is 11.6 Å². The SMILES string of the molecule is C=C(/C(CCc1ccc(Cl)cc1)=C(C)/N=C(\C)c1cccnc1CCC1CC1)N(CCC)C(C)C. The van der Waals surface area contributed by atoms with Crippen molar-refractivity contribution in [3.05, 3.63) is 88.0 Å². The molecule has 4 heteroatoms. The number of aromatic nitrogens is 1. The van der Waals surface area contributed by atoms with Gasteiger partial charge in [0.25, 0.3) is 0 Å². The lowest BCUT2D eigenvalue weighted by Crippen LogP contribution is -2.31. The van der Waals surface area contributed by atoms with Gasteiger partial charge in [0.2, 0.25) is 0 Å². The number of allylic oxidation sites excluding steroid dienone is 2. The summed E-state index contributed by atoms with van der Waals surface area (Å²) in [6, 6.07) is 12.7. The van der Waals surface area contributed by atoms with E-state index in [0.717, 1.165) is 60.3 Å². The van der Waals surface area contributed by atoms with Crippen LogP contribution in [0, 0.1) is 5.92 Å². The maximum Gasteiger partial charge on any atom is 0.0494 e. The predicted octanol–water partition coefficient (Wildman–Crippen LogP) is 8.43. The molecule has 1 fully saturated rings. The lowest BCUT2D eigenvalue weighted by molar-refractivity contribution is 0.288. The molecule has 0 atom stereocenters. The summed E-state index contributed by atoms with van der Waals surface area (Å²) in [4.78, 5) is 12.3. The molecule has 1 saturated carbocycles. The van der Waals surface area contributed by atoms with Crippen molar-refractivity contribution < 1.29 is 0 Å². The molecule has 1 aliphatic rings. The maximum absolute atomic E-state index is 6.10. The molecule has 188 valence electrons. The van der Waals surface area contributed by atoms with E-state index >= 15 is 0 Å². The second-order valence-electron chi connectivity index (χ2n) is 10.1. The van der Waals surface area contributed by atoms with E-state index in [4.69, 9.17) is 21.6 Å². The summed E-state index contributed by atoms with van der Waals surface area (Å²) >= 11 is 6.10. The summed E-state index contributed by atoms with van der Waals surface area (Å²) in [7, 11) is 0. The van der Waals surface area contributed by atoms with Crippen molar-refractivity contribution in [3.63, 3.8) is 0 Å². The molecular weight excluding hydrogens is 450 g/mol. The Bertz CT molecular complexity index is 1050. The predicted molar refractivity (Wildman–Crippen MR) is 151 cm³/mol. The van der Waals surface area contributed by atoms with E-state index in [-0.39, 0.29) is 0 Å². The lowest BCUT2D eigenvalue weighted by atomic mass is 9.99. The third-order valence-corrected chi connectivity index (χ3v) is 7.15. The average Bonchev–Trinajstić information content (AvgIpc) is 3.67. The molecular formula is C31H42ClN3. The Morgan fingerprint density at radius 3 is 2.49 bits per heavy atom. The van der Waals surface area contributed by atoms with Gasteiger partial charge in [-0.15, -0.1) is 0 Å². The largest absolute Gasteiger partial charge is 0.369 e. The molecule has 1 aromatic heterocycles. The van der Waals surface area contributed by atoms with Crippen LogP contribution in [0.3, 0.4) is 0 Å². The summed E-state index contributed by atoms with van der Waals surface area (Å²) in [6.07, 6.45) is 9.82. The van der Waals surface area contributed by atoms with E-state index in [1.54, 1.807) is 0 Å². The van der Waals surface area contributed by atoms with Gasteiger partial charge in [-0.1, -0.05) is 50.1 Å². The van der Waals surface area contributed by atoms with Gasteiger partial charge in [0.1, 0.15) is 0 Å². The molecule has 1 aromatic carbocycles. The highest BCUT2D eigenvalue weighted by Crippen LogP contribution is 2.33. The number of aliphatic imine (C=N–C) groups is 1. The Morgan fingerprint density at radius 2 is 1.86 bits per heavy atom. The van der Waals surface area contributed by atoms with E-state index in [1.807, 2.05) is 24.4 Å². The zero-order valence-corrected chi connectivity index (χ0v) is 23.0. The van der Waals surface area contributed by atoms with E-state index in [2.05, 4.69) is 64.3 Å². The van der Waals surface area contributed by atoms with E-state index in [9.17, 15) is 0 Å². The monoisotopic (exact) mass is 491 g/mol. The van der Waals surface area contributed by atoms with Gasteiger partial charge in [0.15, 0.2) is 0 Å². The number of hydrogen-bond donors (Lipinski definition) is 0. The van der Waals surface area contributed by atoms with Crippen LogP contribution < -0.4 is 0 Å². The first-order valence-corrected chi connectivity index (χ1v) is 13.6. The molecule has 0 amide bonds. The molecule has 0 radical (unpaired) electrons. The molecule has 0 aliphatic heterocycles. The van der Waals surface area contributed by atoms with Gasteiger partial charge in [-0.3, -0.25) is 9.98 Å². The Morgan fingerprint density at radius 1 is 1.14 bits per heavy atom. The number of benzene rings is 1. The van der Waals surface area contributed by atoms with Gasteiger partial charge in [-0.25, -0.2) is 0 Å². The first-order valence-electron chi connectivity index (χ1n) is 13.2.